The maximum Gasteiger partial charge on any atom is 0.251 e. The Hall–Kier alpha value is -2.69. The molecule has 1 aliphatic carbocycles. The van der Waals surface area contributed by atoms with Crippen LogP contribution in [0.1, 0.15) is 42.5 Å². The zero-order chi connectivity index (χ0) is 16.4. The Kier molecular flexibility index (Phi) is 3.99. The molecule has 5 nitrogen and oxygen atoms in total. The number of carbonyl (C=O) groups is 1. The van der Waals surface area contributed by atoms with Crippen LogP contribution in [0.5, 0.6) is 0 Å². The number of pyridine rings is 1. The lowest BCUT2D eigenvalue weighted by atomic mass is 9.95. The molecule has 0 aliphatic heterocycles. The maximum atomic E-state index is 12.4. The van der Waals surface area contributed by atoms with Crippen molar-refractivity contribution in [3.8, 4) is 5.69 Å². The van der Waals surface area contributed by atoms with Gasteiger partial charge in [-0.3, -0.25) is 9.36 Å². The van der Waals surface area contributed by atoms with Crippen LogP contribution in [0.4, 0.5) is 0 Å². The van der Waals surface area contributed by atoms with Gasteiger partial charge in [-0.1, -0.05) is 19.3 Å². The topological polar surface area (TPSA) is 59.8 Å². The van der Waals surface area contributed by atoms with Gasteiger partial charge in [0.2, 0.25) is 0 Å². The second-order valence-electron chi connectivity index (χ2n) is 6.32. The molecular weight excluding hydrogens is 300 g/mol. The van der Waals surface area contributed by atoms with Gasteiger partial charge < -0.3 is 5.32 Å². The van der Waals surface area contributed by atoms with Gasteiger partial charge in [0.25, 0.3) is 5.91 Å². The van der Waals surface area contributed by atoms with Crippen LogP contribution < -0.4 is 5.32 Å². The van der Waals surface area contributed by atoms with E-state index in [1.54, 1.807) is 12.5 Å². The number of amides is 1. The van der Waals surface area contributed by atoms with E-state index < -0.39 is 0 Å². The summed E-state index contributed by atoms with van der Waals surface area (Å²) >= 11 is 0. The first-order valence-electron chi connectivity index (χ1n) is 8.51. The van der Waals surface area contributed by atoms with Crippen molar-refractivity contribution in [2.75, 3.05) is 0 Å². The first-order valence-corrected chi connectivity index (χ1v) is 8.51. The lowest BCUT2D eigenvalue weighted by Crippen LogP contribution is -2.36. The molecule has 1 saturated carbocycles. The van der Waals surface area contributed by atoms with E-state index in [0.29, 0.717) is 11.6 Å². The highest BCUT2D eigenvalue weighted by Gasteiger charge is 2.16. The van der Waals surface area contributed by atoms with Crippen LogP contribution >= 0.6 is 0 Å². The number of fused-ring (bicyclic) bond motifs is 1. The zero-order valence-corrected chi connectivity index (χ0v) is 13.5. The summed E-state index contributed by atoms with van der Waals surface area (Å²) in [4.78, 5) is 21.1. The fourth-order valence-corrected chi connectivity index (χ4v) is 3.33. The molecule has 4 rings (SSSR count). The first kappa shape index (κ1) is 14.9. The van der Waals surface area contributed by atoms with E-state index in [4.69, 9.17) is 0 Å². The lowest BCUT2D eigenvalue weighted by molar-refractivity contribution is 0.0927. The Morgan fingerprint density at radius 2 is 1.83 bits per heavy atom. The molecule has 0 saturated heterocycles. The molecule has 122 valence electrons. The molecule has 1 N–H and O–H groups in total. The van der Waals surface area contributed by atoms with Gasteiger partial charge in [-0.05, 0) is 49.2 Å². The Balaban J connectivity index is 1.53. The number of hydrogen-bond donors (Lipinski definition) is 1. The molecule has 0 radical (unpaired) electrons. The van der Waals surface area contributed by atoms with Crippen molar-refractivity contribution < 1.29 is 4.79 Å². The van der Waals surface area contributed by atoms with Crippen LogP contribution in [-0.4, -0.2) is 26.5 Å². The molecule has 2 aromatic heterocycles. The standard InChI is InChI=1S/C19H20N4O/c24-19(22-15-5-2-1-3-6-15)14-8-10-16(11-9-14)23-13-21-17-7-4-12-20-18(17)23/h4,7-13,15H,1-3,5-6H2,(H,22,24). The third-order valence-corrected chi connectivity index (χ3v) is 4.65. The van der Waals surface area contributed by atoms with E-state index in [2.05, 4.69) is 15.3 Å². The summed E-state index contributed by atoms with van der Waals surface area (Å²) in [6.45, 7) is 0. The number of carbonyl (C=O) groups excluding carboxylic acids is 1. The van der Waals surface area contributed by atoms with Gasteiger partial charge in [-0.25, -0.2) is 9.97 Å². The quantitative estimate of drug-likeness (QED) is 0.803. The summed E-state index contributed by atoms with van der Waals surface area (Å²) in [5.74, 6) is 0.0158. The van der Waals surface area contributed by atoms with E-state index in [-0.39, 0.29) is 5.91 Å². The molecule has 0 spiro atoms. The van der Waals surface area contributed by atoms with Gasteiger partial charge in [0.05, 0.1) is 0 Å². The molecule has 5 heteroatoms. The van der Waals surface area contributed by atoms with Crippen LogP contribution in [-0.2, 0) is 0 Å². The molecule has 3 aromatic rings. The summed E-state index contributed by atoms with van der Waals surface area (Å²) < 4.78 is 1.93. The summed E-state index contributed by atoms with van der Waals surface area (Å²) in [6.07, 6.45) is 9.41. The monoisotopic (exact) mass is 320 g/mol. The molecule has 0 unspecified atom stereocenters. The summed E-state index contributed by atoms with van der Waals surface area (Å²) in [5.41, 5.74) is 3.32. The highest BCUT2D eigenvalue weighted by Crippen LogP contribution is 2.19. The van der Waals surface area contributed by atoms with E-state index in [9.17, 15) is 4.79 Å². The molecule has 0 atom stereocenters. The molecule has 1 amide bonds. The minimum atomic E-state index is 0.0158. The number of nitrogens with one attached hydrogen (secondary N) is 1. The molecule has 1 fully saturated rings. The molecule has 1 aromatic carbocycles. The Morgan fingerprint density at radius 3 is 2.62 bits per heavy atom. The minimum Gasteiger partial charge on any atom is -0.349 e. The zero-order valence-electron chi connectivity index (χ0n) is 13.5. The average molecular weight is 320 g/mol. The predicted octanol–water partition coefficient (Wildman–Crippen LogP) is 3.48. The van der Waals surface area contributed by atoms with Crippen molar-refractivity contribution in [1.82, 2.24) is 19.9 Å². The SMILES string of the molecule is O=C(NC1CCCCC1)c1ccc(-n2cnc3cccnc32)cc1. The lowest BCUT2D eigenvalue weighted by Gasteiger charge is -2.22. The van der Waals surface area contributed by atoms with Crippen molar-refractivity contribution >= 4 is 17.1 Å². The largest absolute Gasteiger partial charge is 0.349 e. The van der Waals surface area contributed by atoms with Crippen molar-refractivity contribution in [2.24, 2.45) is 0 Å². The van der Waals surface area contributed by atoms with Crippen LogP contribution in [0.3, 0.4) is 0 Å². The second kappa shape index (κ2) is 6.43. The van der Waals surface area contributed by atoms with E-state index in [0.717, 1.165) is 29.7 Å². The normalized spacial score (nSPS) is 15.5. The van der Waals surface area contributed by atoms with E-state index in [1.165, 1.54) is 19.3 Å². The van der Waals surface area contributed by atoms with Crippen LogP contribution in [0.25, 0.3) is 16.9 Å². The van der Waals surface area contributed by atoms with Crippen molar-refractivity contribution in [3.05, 3.63) is 54.5 Å². The first-order chi connectivity index (χ1) is 11.8. The van der Waals surface area contributed by atoms with Crippen molar-refractivity contribution in [2.45, 2.75) is 38.1 Å². The minimum absolute atomic E-state index is 0.0158. The number of nitrogens with zero attached hydrogens (tertiary/aromatic N) is 3. The highest BCUT2D eigenvalue weighted by molar-refractivity contribution is 5.94. The fourth-order valence-electron chi connectivity index (χ4n) is 3.33. The van der Waals surface area contributed by atoms with Crippen molar-refractivity contribution in [1.29, 1.82) is 0 Å². The third kappa shape index (κ3) is 2.89. The fraction of sp³-hybridized carbons (Fsp3) is 0.316. The van der Waals surface area contributed by atoms with Gasteiger partial charge in [0, 0.05) is 23.5 Å². The van der Waals surface area contributed by atoms with Gasteiger partial charge in [0.15, 0.2) is 5.65 Å². The van der Waals surface area contributed by atoms with Gasteiger partial charge >= 0.3 is 0 Å². The molecule has 0 bridgehead atoms. The van der Waals surface area contributed by atoms with E-state index >= 15 is 0 Å². The Bertz CT molecular complexity index is 847. The molecule has 2 heterocycles. The van der Waals surface area contributed by atoms with E-state index in [1.807, 2.05) is 41.0 Å². The summed E-state index contributed by atoms with van der Waals surface area (Å²) in [5, 5.41) is 3.15. The molecular formula is C19H20N4O. The number of aromatic nitrogens is 3. The van der Waals surface area contributed by atoms with Gasteiger partial charge in [-0.2, -0.15) is 0 Å². The summed E-state index contributed by atoms with van der Waals surface area (Å²) in [6, 6.07) is 11.7. The second-order valence-corrected chi connectivity index (χ2v) is 6.32. The third-order valence-electron chi connectivity index (χ3n) is 4.65. The van der Waals surface area contributed by atoms with Crippen LogP contribution in [0.2, 0.25) is 0 Å². The van der Waals surface area contributed by atoms with Gasteiger partial charge in [0.1, 0.15) is 11.8 Å². The number of imidazole rings is 1. The highest BCUT2D eigenvalue weighted by atomic mass is 16.1. The average Bonchev–Trinajstić information content (AvgIpc) is 3.07. The Labute approximate surface area is 140 Å². The van der Waals surface area contributed by atoms with Crippen molar-refractivity contribution in [3.63, 3.8) is 0 Å². The number of benzene rings is 1. The maximum absolute atomic E-state index is 12.4. The number of rotatable bonds is 3. The predicted molar refractivity (Wildman–Crippen MR) is 93.2 cm³/mol. The summed E-state index contributed by atoms with van der Waals surface area (Å²) in [7, 11) is 0. The Morgan fingerprint density at radius 1 is 1.04 bits per heavy atom. The molecule has 1 aliphatic rings. The number of hydrogen-bond acceptors (Lipinski definition) is 3. The molecule has 24 heavy (non-hydrogen) atoms. The van der Waals surface area contributed by atoms with Gasteiger partial charge in [-0.15, -0.1) is 0 Å². The smallest absolute Gasteiger partial charge is 0.251 e. The van der Waals surface area contributed by atoms with Crippen LogP contribution in [0.15, 0.2) is 48.9 Å². The van der Waals surface area contributed by atoms with Crippen LogP contribution in [0, 0.1) is 0 Å².